The highest BCUT2D eigenvalue weighted by Gasteiger charge is 2.18. The minimum absolute atomic E-state index is 0.0145. The number of benzene rings is 3. The molecule has 1 N–H and O–H groups in total. The zero-order valence-electron chi connectivity index (χ0n) is 15.6. The van der Waals surface area contributed by atoms with Gasteiger partial charge in [0, 0.05) is 22.2 Å². The summed E-state index contributed by atoms with van der Waals surface area (Å²) in [5.41, 5.74) is 3.04. The van der Waals surface area contributed by atoms with E-state index in [1.54, 1.807) is 36.4 Å². The van der Waals surface area contributed by atoms with Crippen LogP contribution in [0.2, 0.25) is 0 Å². The number of amides is 1. The van der Waals surface area contributed by atoms with Gasteiger partial charge in [0.2, 0.25) is 0 Å². The van der Waals surface area contributed by atoms with Gasteiger partial charge in [-0.05, 0) is 48.0 Å². The van der Waals surface area contributed by atoms with E-state index in [0.717, 1.165) is 28.7 Å². The lowest BCUT2D eigenvalue weighted by Gasteiger charge is -2.07. The number of carbonyl (C=O) groups excluding carboxylic acids is 1. The summed E-state index contributed by atoms with van der Waals surface area (Å²) in [7, 11) is -4.19. The Bertz CT molecular complexity index is 1260. The molecule has 11 heteroatoms. The molecular formula is C20H14BrN3O6S. The van der Waals surface area contributed by atoms with Gasteiger partial charge >= 0.3 is 10.1 Å². The highest BCUT2D eigenvalue weighted by atomic mass is 79.9. The molecule has 9 nitrogen and oxygen atoms in total. The third-order valence-corrected chi connectivity index (χ3v) is 5.62. The van der Waals surface area contributed by atoms with Crippen LogP contribution in [-0.4, -0.2) is 25.5 Å². The van der Waals surface area contributed by atoms with Gasteiger partial charge < -0.3 is 4.18 Å². The van der Waals surface area contributed by atoms with Crippen molar-refractivity contribution in [3.05, 3.63) is 98.5 Å². The topological polar surface area (TPSA) is 128 Å². The van der Waals surface area contributed by atoms with Crippen molar-refractivity contribution in [3.63, 3.8) is 0 Å². The van der Waals surface area contributed by atoms with Gasteiger partial charge in [-0.1, -0.05) is 34.1 Å². The maximum absolute atomic E-state index is 12.4. The number of nitro benzene ring substituents is 1. The molecular weight excluding hydrogens is 490 g/mol. The first-order valence-corrected chi connectivity index (χ1v) is 10.8. The fraction of sp³-hybridized carbons (Fsp3) is 0. The number of hydrogen-bond acceptors (Lipinski definition) is 7. The quantitative estimate of drug-likeness (QED) is 0.225. The molecule has 0 heterocycles. The molecule has 0 saturated heterocycles. The van der Waals surface area contributed by atoms with Crippen LogP contribution in [0, 0.1) is 10.1 Å². The van der Waals surface area contributed by atoms with Gasteiger partial charge in [0.25, 0.3) is 11.6 Å². The van der Waals surface area contributed by atoms with E-state index in [1.165, 1.54) is 18.3 Å². The fourth-order valence-electron chi connectivity index (χ4n) is 2.42. The van der Waals surface area contributed by atoms with Gasteiger partial charge in [0.15, 0.2) is 0 Å². The first-order chi connectivity index (χ1) is 14.7. The number of carbonyl (C=O) groups is 1. The Kier molecular flexibility index (Phi) is 6.78. The van der Waals surface area contributed by atoms with E-state index in [2.05, 4.69) is 26.5 Å². The second-order valence-electron chi connectivity index (χ2n) is 6.07. The first kappa shape index (κ1) is 22.1. The third kappa shape index (κ3) is 5.96. The molecule has 0 bridgehead atoms. The Morgan fingerprint density at radius 2 is 1.77 bits per heavy atom. The number of hydrogen-bond donors (Lipinski definition) is 1. The predicted molar refractivity (Wildman–Crippen MR) is 117 cm³/mol. The van der Waals surface area contributed by atoms with Crippen LogP contribution in [0.15, 0.2) is 87.3 Å². The molecule has 0 saturated carbocycles. The molecule has 0 aromatic heterocycles. The lowest BCUT2D eigenvalue weighted by molar-refractivity contribution is -0.384. The molecule has 3 rings (SSSR count). The Balaban J connectivity index is 1.68. The van der Waals surface area contributed by atoms with Gasteiger partial charge in [-0.25, -0.2) is 5.43 Å². The van der Waals surface area contributed by atoms with Crippen molar-refractivity contribution >= 4 is 43.9 Å². The maximum Gasteiger partial charge on any atom is 0.339 e. The van der Waals surface area contributed by atoms with Gasteiger partial charge in [-0.2, -0.15) is 13.5 Å². The van der Waals surface area contributed by atoms with E-state index in [-0.39, 0.29) is 16.3 Å². The summed E-state index contributed by atoms with van der Waals surface area (Å²) in [5.74, 6) is -0.397. The number of hydrazone groups is 1. The molecule has 3 aromatic carbocycles. The van der Waals surface area contributed by atoms with Crippen LogP contribution in [-0.2, 0) is 10.1 Å². The first-order valence-electron chi connectivity index (χ1n) is 8.62. The number of halogens is 1. The van der Waals surface area contributed by atoms with Gasteiger partial charge in [-0.15, -0.1) is 0 Å². The van der Waals surface area contributed by atoms with Crippen LogP contribution in [0.5, 0.6) is 5.75 Å². The standard InChI is InChI=1S/C20H14BrN3O6S/c21-16-5-2-4-15(12-16)20(25)23-22-13-14-3-1-6-18(11-14)30-31(28,29)19-9-7-17(8-10-19)24(26)27/h1-13H,(H,23,25). The molecule has 0 aliphatic carbocycles. The SMILES string of the molecule is O=C(NN=Cc1cccc(OS(=O)(=O)c2ccc([N+](=O)[O-])cc2)c1)c1cccc(Br)c1. The van der Waals surface area contributed by atoms with Gasteiger partial charge in [-0.3, -0.25) is 14.9 Å². The lowest BCUT2D eigenvalue weighted by atomic mass is 10.2. The Hall–Kier alpha value is -3.57. The summed E-state index contributed by atoms with van der Waals surface area (Å²) >= 11 is 3.28. The van der Waals surface area contributed by atoms with E-state index >= 15 is 0 Å². The van der Waals surface area contributed by atoms with Crippen molar-refractivity contribution in [2.24, 2.45) is 5.10 Å². The molecule has 0 radical (unpaired) electrons. The van der Waals surface area contributed by atoms with Crippen LogP contribution >= 0.6 is 15.9 Å². The van der Waals surface area contributed by atoms with Crippen molar-refractivity contribution in [1.82, 2.24) is 5.43 Å². The summed E-state index contributed by atoms with van der Waals surface area (Å²) in [5, 5.41) is 14.6. The molecule has 0 aliphatic heterocycles. The zero-order valence-corrected chi connectivity index (χ0v) is 18.0. The normalized spacial score (nSPS) is 11.3. The van der Waals surface area contributed by atoms with Crippen LogP contribution in [0.25, 0.3) is 0 Å². The van der Waals surface area contributed by atoms with Crippen LogP contribution in [0.3, 0.4) is 0 Å². The fourth-order valence-corrected chi connectivity index (χ4v) is 3.74. The number of nitro groups is 1. The van der Waals surface area contributed by atoms with E-state index < -0.39 is 20.9 Å². The minimum Gasteiger partial charge on any atom is -0.379 e. The summed E-state index contributed by atoms with van der Waals surface area (Å²) in [6, 6.07) is 17.2. The molecule has 31 heavy (non-hydrogen) atoms. The van der Waals surface area contributed by atoms with Crippen LogP contribution < -0.4 is 9.61 Å². The van der Waals surface area contributed by atoms with Crippen molar-refractivity contribution in [3.8, 4) is 5.75 Å². The minimum atomic E-state index is -4.19. The smallest absolute Gasteiger partial charge is 0.339 e. The molecule has 0 spiro atoms. The van der Waals surface area contributed by atoms with E-state index in [0.29, 0.717) is 11.1 Å². The number of rotatable bonds is 7. The molecule has 0 unspecified atom stereocenters. The molecule has 1 amide bonds. The number of non-ortho nitro benzene ring substituents is 1. The van der Waals surface area contributed by atoms with Crippen molar-refractivity contribution in [2.75, 3.05) is 0 Å². The van der Waals surface area contributed by atoms with Crippen molar-refractivity contribution in [2.45, 2.75) is 4.90 Å². The summed E-state index contributed by atoms with van der Waals surface area (Å²) in [4.78, 5) is 21.9. The second kappa shape index (κ2) is 9.49. The predicted octanol–water partition coefficient (Wildman–Crippen LogP) is 3.89. The molecule has 3 aromatic rings. The molecule has 158 valence electrons. The van der Waals surface area contributed by atoms with E-state index in [1.807, 2.05) is 0 Å². The number of nitrogens with zero attached hydrogens (tertiary/aromatic N) is 2. The zero-order chi connectivity index (χ0) is 22.4. The third-order valence-electron chi connectivity index (χ3n) is 3.87. The summed E-state index contributed by atoms with van der Waals surface area (Å²) in [6.07, 6.45) is 1.33. The number of nitrogens with one attached hydrogen (secondary N) is 1. The van der Waals surface area contributed by atoms with Gasteiger partial charge in [0.1, 0.15) is 10.6 Å². The average molecular weight is 504 g/mol. The summed E-state index contributed by atoms with van der Waals surface area (Å²) in [6.45, 7) is 0. The van der Waals surface area contributed by atoms with Crippen LogP contribution in [0.1, 0.15) is 15.9 Å². The summed E-state index contributed by atoms with van der Waals surface area (Å²) < 4.78 is 30.6. The molecule has 0 fully saturated rings. The van der Waals surface area contributed by atoms with Crippen molar-refractivity contribution < 1.29 is 22.3 Å². The van der Waals surface area contributed by atoms with Crippen molar-refractivity contribution in [1.29, 1.82) is 0 Å². The largest absolute Gasteiger partial charge is 0.379 e. The molecule has 0 aliphatic rings. The monoisotopic (exact) mass is 503 g/mol. The Morgan fingerprint density at radius 1 is 1.06 bits per heavy atom. The van der Waals surface area contributed by atoms with E-state index in [4.69, 9.17) is 4.18 Å². The second-order valence-corrected chi connectivity index (χ2v) is 8.53. The lowest BCUT2D eigenvalue weighted by Crippen LogP contribution is -2.17. The molecule has 0 atom stereocenters. The van der Waals surface area contributed by atoms with E-state index in [9.17, 15) is 23.3 Å². The van der Waals surface area contributed by atoms with Crippen LogP contribution in [0.4, 0.5) is 5.69 Å². The highest BCUT2D eigenvalue weighted by Crippen LogP contribution is 2.21. The highest BCUT2D eigenvalue weighted by molar-refractivity contribution is 9.10. The Labute approximate surface area is 185 Å². The average Bonchev–Trinajstić information content (AvgIpc) is 2.73. The Morgan fingerprint density at radius 3 is 2.45 bits per heavy atom. The maximum atomic E-state index is 12.4. The van der Waals surface area contributed by atoms with Gasteiger partial charge in [0.05, 0.1) is 11.1 Å².